The van der Waals surface area contributed by atoms with E-state index in [1.807, 2.05) is 66.7 Å². The molecule has 0 radical (unpaired) electrons. The van der Waals surface area contributed by atoms with Crippen LogP contribution in [0.25, 0.3) is 6.08 Å². The number of thioether (sulfide) groups is 1. The average molecular weight is 508 g/mol. The number of nitrogens with zero attached hydrogens (tertiary/aromatic N) is 1. The van der Waals surface area contributed by atoms with Gasteiger partial charge in [-0.05, 0) is 60.0 Å². The van der Waals surface area contributed by atoms with Crippen LogP contribution >= 0.6 is 27.7 Å². The summed E-state index contributed by atoms with van der Waals surface area (Å²) in [7, 11) is 0. The van der Waals surface area contributed by atoms with Gasteiger partial charge in [0.05, 0.1) is 4.91 Å². The number of imide groups is 1. The number of ether oxygens (including phenoxy) is 1. The maximum Gasteiger partial charge on any atom is 0.293 e. The van der Waals surface area contributed by atoms with Gasteiger partial charge in [-0.15, -0.1) is 0 Å². The van der Waals surface area contributed by atoms with Crippen molar-refractivity contribution >= 4 is 44.9 Å². The van der Waals surface area contributed by atoms with Crippen LogP contribution < -0.4 is 4.74 Å². The molecule has 6 heteroatoms. The number of carbonyl (C=O) groups excluding carboxylic acids is 2. The van der Waals surface area contributed by atoms with Crippen molar-refractivity contribution in [3.05, 3.63) is 105 Å². The Morgan fingerprint density at radius 1 is 0.906 bits per heavy atom. The summed E-state index contributed by atoms with van der Waals surface area (Å²) in [6.45, 7) is 0.830. The first-order valence-electron chi connectivity index (χ1n) is 10.4. The summed E-state index contributed by atoms with van der Waals surface area (Å²) in [6.07, 6.45) is 3.30. The van der Waals surface area contributed by atoms with Gasteiger partial charge in [-0.1, -0.05) is 76.6 Å². The molecule has 3 aromatic rings. The summed E-state index contributed by atoms with van der Waals surface area (Å²) in [5.41, 5.74) is 3.01. The second kappa shape index (κ2) is 10.7. The molecular weight excluding hydrogens is 486 g/mol. The van der Waals surface area contributed by atoms with E-state index in [9.17, 15) is 9.59 Å². The van der Waals surface area contributed by atoms with Crippen molar-refractivity contribution in [2.24, 2.45) is 0 Å². The minimum atomic E-state index is -0.248. The van der Waals surface area contributed by atoms with Gasteiger partial charge < -0.3 is 4.74 Å². The quantitative estimate of drug-likeness (QED) is 0.318. The van der Waals surface area contributed by atoms with Crippen molar-refractivity contribution in [3.63, 3.8) is 0 Å². The molecule has 0 spiro atoms. The third-order valence-corrected chi connectivity index (χ3v) is 6.46. The molecule has 0 bridgehead atoms. The van der Waals surface area contributed by atoms with Crippen LogP contribution in [-0.2, 0) is 17.8 Å². The number of benzene rings is 3. The molecule has 1 fully saturated rings. The Bertz CT molecular complexity index is 1130. The second-order valence-electron chi connectivity index (χ2n) is 7.38. The first kappa shape index (κ1) is 22.4. The van der Waals surface area contributed by atoms with Crippen molar-refractivity contribution in [1.29, 1.82) is 0 Å². The van der Waals surface area contributed by atoms with Crippen LogP contribution in [0.3, 0.4) is 0 Å². The van der Waals surface area contributed by atoms with Gasteiger partial charge in [-0.2, -0.15) is 0 Å². The lowest BCUT2D eigenvalue weighted by Crippen LogP contribution is -2.29. The summed E-state index contributed by atoms with van der Waals surface area (Å²) in [6, 6.07) is 25.6. The van der Waals surface area contributed by atoms with Crippen molar-refractivity contribution in [3.8, 4) is 5.75 Å². The molecule has 1 aliphatic heterocycles. The van der Waals surface area contributed by atoms with E-state index < -0.39 is 0 Å². The first-order chi connectivity index (χ1) is 15.6. The van der Waals surface area contributed by atoms with Gasteiger partial charge in [0.2, 0.25) is 0 Å². The van der Waals surface area contributed by atoms with Crippen LogP contribution in [-0.4, -0.2) is 22.6 Å². The van der Waals surface area contributed by atoms with Crippen LogP contribution in [0.15, 0.2) is 88.2 Å². The van der Waals surface area contributed by atoms with E-state index >= 15 is 0 Å². The molecule has 2 amide bonds. The second-order valence-corrected chi connectivity index (χ2v) is 9.29. The molecule has 0 aromatic heterocycles. The zero-order valence-corrected chi connectivity index (χ0v) is 19.8. The van der Waals surface area contributed by atoms with E-state index in [1.54, 1.807) is 6.08 Å². The highest BCUT2D eigenvalue weighted by molar-refractivity contribution is 9.10. The summed E-state index contributed by atoms with van der Waals surface area (Å²) >= 11 is 4.46. The van der Waals surface area contributed by atoms with Crippen LogP contribution in [0.5, 0.6) is 5.75 Å². The maximum absolute atomic E-state index is 12.9. The molecule has 1 aliphatic rings. The van der Waals surface area contributed by atoms with Crippen molar-refractivity contribution < 1.29 is 14.3 Å². The molecule has 1 heterocycles. The summed E-state index contributed by atoms with van der Waals surface area (Å²) in [5.74, 6) is 0.412. The molecule has 162 valence electrons. The Labute approximate surface area is 200 Å². The molecule has 0 saturated carbocycles. The molecule has 0 atom stereocenters. The molecular formula is C26H22BrNO3S. The van der Waals surface area contributed by atoms with Gasteiger partial charge in [-0.25, -0.2) is 0 Å². The Morgan fingerprint density at radius 2 is 1.59 bits per heavy atom. The van der Waals surface area contributed by atoms with Crippen LogP contribution in [0.2, 0.25) is 0 Å². The SMILES string of the molecule is O=C1S/C(=C/c2cc(Br)ccc2OCc2ccccc2)C(=O)N1CCCc1ccccc1. The van der Waals surface area contributed by atoms with E-state index in [0.29, 0.717) is 23.8 Å². The fraction of sp³-hybridized carbons (Fsp3) is 0.154. The monoisotopic (exact) mass is 507 g/mol. The van der Waals surface area contributed by atoms with Crippen LogP contribution in [0.4, 0.5) is 4.79 Å². The summed E-state index contributed by atoms with van der Waals surface area (Å²) in [4.78, 5) is 27.1. The molecule has 0 unspecified atom stereocenters. The van der Waals surface area contributed by atoms with E-state index in [-0.39, 0.29) is 11.1 Å². The molecule has 0 aliphatic carbocycles. The third-order valence-electron chi connectivity index (χ3n) is 5.06. The standard InChI is InChI=1S/C26H22BrNO3S/c27-22-13-14-23(31-18-20-10-5-2-6-11-20)21(16-22)17-24-25(29)28(26(30)32-24)15-7-12-19-8-3-1-4-9-19/h1-6,8-11,13-14,16-17H,7,12,15,18H2/b24-17+. The zero-order chi connectivity index (χ0) is 22.3. The van der Waals surface area contributed by atoms with Crippen molar-refractivity contribution in [1.82, 2.24) is 4.90 Å². The molecule has 0 N–H and O–H groups in total. The van der Waals surface area contributed by atoms with Crippen molar-refractivity contribution in [2.45, 2.75) is 19.4 Å². The topological polar surface area (TPSA) is 46.6 Å². The van der Waals surface area contributed by atoms with Gasteiger partial charge in [0.25, 0.3) is 11.1 Å². The Kier molecular flexibility index (Phi) is 7.45. The minimum Gasteiger partial charge on any atom is -0.488 e. The Hall–Kier alpha value is -2.83. The minimum absolute atomic E-state index is 0.226. The number of rotatable bonds is 8. The molecule has 4 nitrogen and oxygen atoms in total. The number of aryl methyl sites for hydroxylation is 1. The Balaban J connectivity index is 1.45. The van der Waals surface area contributed by atoms with E-state index in [4.69, 9.17) is 4.74 Å². The lowest BCUT2D eigenvalue weighted by atomic mass is 10.1. The fourth-order valence-electron chi connectivity index (χ4n) is 3.42. The predicted molar refractivity (Wildman–Crippen MR) is 132 cm³/mol. The Morgan fingerprint density at radius 3 is 2.31 bits per heavy atom. The lowest BCUT2D eigenvalue weighted by Gasteiger charge is -2.12. The van der Waals surface area contributed by atoms with E-state index in [1.165, 1.54) is 10.5 Å². The number of carbonyl (C=O) groups is 2. The van der Waals surface area contributed by atoms with Gasteiger partial charge >= 0.3 is 0 Å². The number of halogens is 1. The number of hydrogen-bond acceptors (Lipinski definition) is 4. The molecule has 1 saturated heterocycles. The highest BCUT2D eigenvalue weighted by Gasteiger charge is 2.34. The fourth-order valence-corrected chi connectivity index (χ4v) is 4.65. The number of hydrogen-bond donors (Lipinski definition) is 0. The molecule has 4 rings (SSSR count). The van der Waals surface area contributed by atoms with E-state index in [0.717, 1.165) is 40.2 Å². The van der Waals surface area contributed by atoms with Crippen molar-refractivity contribution in [2.75, 3.05) is 6.54 Å². The highest BCUT2D eigenvalue weighted by atomic mass is 79.9. The lowest BCUT2D eigenvalue weighted by molar-refractivity contribution is -0.122. The average Bonchev–Trinajstić information content (AvgIpc) is 3.07. The maximum atomic E-state index is 12.9. The van der Waals surface area contributed by atoms with Gasteiger partial charge in [0, 0.05) is 16.6 Å². The third kappa shape index (κ3) is 5.69. The predicted octanol–water partition coefficient (Wildman–Crippen LogP) is 6.70. The molecule has 32 heavy (non-hydrogen) atoms. The molecule has 3 aromatic carbocycles. The van der Waals surface area contributed by atoms with Crippen LogP contribution in [0, 0.1) is 0 Å². The van der Waals surface area contributed by atoms with Crippen LogP contribution in [0.1, 0.15) is 23.1 Å². The normalized spacial score (nSPS) is 14.9. The van der Waals surface area contributed by atoms with Gasteiger partial charge in [-0.3, -0.25) is 14.5 Å². The number of amides is 2. The summed E-state index contributed by atoms with van der Waals surface area (Å²) in [5, 5.41) is -0.226. The first-order valence-corrected chi connectivity index (χ1v) is 12.0. The summed E-state index contributed by atoms with van der Waals surface area (Å²) < 4.78 is 6.88. The van der Waals surface area contributed by atoms with E-state index in [2.05, 4.69) is 28.1 Å². The highest BCUT2D eigenvalue weighted by Crippen LogP contribution is 2.35. The smallest absolute Gasteiger partial charge is 0.293 e. The van der Waals surface area contributed by atoms with Gasteiger partial charge in [0.15, 0.2) is 0 Å². The zero-order valence-electron chi connectivity index (χ0n) is 17.4. The van der Waals surface area contributed by atoms with Gasteiger partial charge in [0.1, 0.15) is 12.4 Å². The largest absolute Gasteiger partial charge is 0.488 e.